The van der Waals surface area contributed by atoms with Gasteiger partial charge in [0.1, 0.15) is 10.4 Å². The second-order valence-electron chi connectivity index (χ2n) is 6.61. The number of aryl methyl sites for hydroxylation is 1. The summed E-state index contributed by atoms with van der Waals surface area (Å²) in [5.74, 6) is 1.60. The Hall–Kier alpha value is -2.86. The molecule has 2 aromatic carbocycles. The first-order valence-electron chi connectivity index (χ1n) is 8.85. The third kappa shape index (κ3) is 2.77. The number of rotatable bonds is 3. The first kappa shape index (κ1) is 16.3. The summed E-state index contributed by atoms with van der Waals surface area (Å²) in [5.41, 5.74) is 9.12. The van der Waals surface area contributed by atoms with Crippen molar-refractivity contribution in [3.63, 3.8) is 0 Å². The molecule has 0 saturated heterocycles. The summed E-state index contributed by atoms with van der Waals surface area (Å²) in [5, 5.41) is 5.68. The highest BCUT2D eigenvalue weighted by molar-refractivity contribution is 8.14. The predicted octanol–water partition coefficient (Wildman–Crippen LogP) is 4.52. The summed E-state index contributed by atoms with van der Waals surface area (Å²) in [4.78, 5) is 0. The Labute approximate surface area is 162 Å². The fraction of sp³-hybridized carbons (Fsp3) is 0.190. The summed E-state index contributed by atoms with van der Waals surface area (Å²) in [7, 11) is 0. The van der Waals surface area contributed by atoms with Crippen molar-refractivity contribution >= 4 is 16.8 Å². The molecule has 0 amide bonds. The van der Waals surface area contributed by atoms with Crippen LogP contribution in [0.1, 0.15) is 27.9 Å². The molecular formula is C21H19N3O2S. The van der Waals surface area contributed by atoms with Crippen LogP contribution < -0.4 is 14.9 Å². The molecular weight excluding hydrogens is 358 g/mol. The van der Waals surface area contributed by atoms with Gasteiger partial charge in [0.05, 0.1) is 0 Å². The monoisotopic (exact) mass is 377 g/mol. The number of nitrogens with zero attached hydrogens (tertiary/aromatic N) is 2. The fourth-order valence-corrected chi connectivity index (χ4v) is 4.67. The second kappa shape index (κ2) is 6.39. The maximum absolute atomic E-state index is 5.54. The lowest BCUT2D eigenvalue weighted by Gasteiger charge is -2.13. The fourth-order valence-electron chi connectivity index (χ4n) is 3.60. The molecule has 3 aromatic rings. The number of hydrogen-bond acceptors (Lipinski definition) is 5. The van der Waals surface area contributed by atoms with E-state index in [1.54, 1.807) is 11.8 Å². The minimum atomic E-state index is 0.106. The van der Waals surface area contributed by atoms with Crippen LogP contribution in [0.4, 0.5) is 0 Å². The minimum absolute atomic E-state index is 0.106. The maximum Gasteiger partial charge on any atom is 0.231 e. The standard InChI is InChI=1S/C21H19N3O2S/c1-13-10-17(21-23-22-20(27-21)15-6-4-3-5-7-15)14(2)24(13)16-8-9-18-19(11-16)26-12-25-18/h3-11,21,23H,12H2,1-2H3/t21-/m0/s1. The topological polar surface area (TPSA) is 47.8 Å². The van der Waals surface area contributed by atoms with E-state index in [0.29, 0.717) is 0 Å². The Morgan fingerprint density at radius 2 is 1.85 bits per heavy atom. The second-order valence-corrected chi connectivity index (χ2v) is 7.70. The molecule has 3 heterocycles. The van der Waals surface area contributed by atoms with Gasteiger partial charge < -0.3 is 14.0 Å². The van der Waals surface area contributed by atoms with Crippen molar-refractivity contribution in [2.24, 2.45) is 5.10 Å². The van der Waals surface area contributed by atoms with Gasteiger partial charge in [-0.05, 0) is 32.0 Å². The molecule has 1 atom stereocenters. The van der Waals surface area contributed by atoms with E-state index in [-0.39, 0.29) is 12.2 Å². The summed E-state index contributed by atoms with van der Waals surface area (Å²) >= 11 is 1.75. The van der Waals surface area contributed by atoms with Gasteiger partial charge >= 0.3 is 0 Å². The molecule has 0 bridgehead atoms. The Morgan fingerprint density at radius 1 is 1.04 bits per heavy atom. The van der Waals surface area contributed by atoms with Gasteiger partial charge in [0.2, 0.25) is 6.79 Å². The molecule has 0 unspecified atom stereocenters. The average molecular weight is 377 g/mol. The number of ether oxygens (including phenoxy) is 2. The van der Waals surface area contributed by atoms with Crippen molar-refractivity contribution in [1.29, 1.82) is 0 Å². The minimum Gasteiger partial charge on any atom is -0.454 e. The molecule has 0 radical (unpaired) electrons. The lowest BCUT2D eigenvalue weighted by atomic mass is 10.2. The third-order valence-corrected chi connectivity index (χ3v) is 6.05. The lowest BCUT2D eigenvalue weighted by molar-refractivity contribution is 0.174. The highest BCUT2D eigenvalue weighted by Crippen LogP contribution is 2.39. The van der Waals surface area contributed by atoms with E-state index in [1.165, 1.54) is 17.0 Å². The van der Waals surface area contributed by atoms with E-state index < -0.39 is 0 Å². The molecule has 1 N–H and O–H groups in total. The number of nitrogens with one attached hydrogen (secondary N) is 1. The van der Waals surface area contributed by atoms with Crippen molar-refractivity contribution in [2.45, 2.75) is 19.2 Å². The van der Waals surface area contributed by atoms with Gasteiger partial charge in [0, 0.05) is 34.3 Å². The molecule has 27 heavy (non-hydrogen) atoms. The van der Waals surface area contributed by atoms with Gasteiger partial charge in [0.25, 0.3) is 0 Å². The summed E-state index contributed by atoms with van der Waals surface area (Å²) in [6.07, 6.45) is 0. The Kier molecular flexibility index (Phi) is 3.86. The van der Waals surface area contributed by atoms with E-state index in [2.05, 4.69) is 53.2 Å². The van der Waals surface area contributed by atoms with Crippen LogP contribution in [0.25, 0.3) is 5.69 Å². The van der Waals surface area contributed by atoms with Crippen molar-refractivity contribution < 1.29 is 9.47 Å². The van der Waals surface area contributed by atoms with E-state index >= 15 is 0 Å². The SMILES string of the molecule is Cc1cc([C@H]2NN=C(c3ccccc3)S2)c(C)n1-c1ccc2c(c1)OCO2. The highest BCUT2D eigenvalue weighted by Gasteiger charge is 2.26. The largest absolute Gasteiger partial charge is 0.454 e. The third-order valence-electron chi connectivity index (χ3n) is 4.90. The van der Waals surface area contributed by atoms with Crippen LogP contribution in [-0.2, 0) is 0 Å². The normalized spacial score (nSPS) is 17.7. The summed E-state index contributed by atoms with van der Waals surface area (Å²) < 4.78 is 13.2. The molecule has 0 aliphatic carbocycles. The van der Waals surface area contributed by atoms with Crippen LogP contribution in [-0.4, -0.2) is 16.4 Å². The van der Waals surface area contributed by atoms with Gasteiger partial charge in [0.15, 0.2) is 11.5 Å². The molecule has 136 valence electrons. The van der Waals surface area contributed by atoms with E-state index in [1.807, 2.05) is 30.3 Å². The van der Waals surface area contributed by atoms with Crippen LogP contribution in [0.5, 0.6) is 11.5 Å². The van der Waals surface area contributed by atoms with Crippen LogP contribution in [0, 0.1) is 13.8 Å². The lowest BCUT2D eigenvalue weighted by Crippen LogP contribution is -2.08. The van der Waals surface area contributed by atoms with Crippen LogP contribution in [0.15, 0.2) is 59.7 Å². The molecule has 1 aromatic heterocycles. The van der Waals surface area contributed by atoms with Gasteiger partial charge in [-0.2, -0.15) is 5.10 Å². The number of aromatic nitrogens is 1. The van der Waals surface area contributed by atoms with Gasteiger partial charge in [-0.1, -0.05) is 42.1 Å². The zero-order valence-electron chi connectivity index (χ0n) is 15.1. The number of benzene rings is 2. The first-order valence-corrected chi connectivity index (χ1v) is 9.73. The number of fused-ring (bicyclic) bond motifs is 1. The molecule has 0 fully saturated rings. The van der Waals surface area contributed by atoms with Crippen molar-refractivity contribution in [3.05, 3.63) is 77.1 Å². The van der Waals surface area contributed by atoms with Crippen LogP contribution in [0.2, 0.25) is 0 Å². The molecule has 5 rings (SSSR count). The van der Waals surface area contributed by atoms with Gasteiger partial charge in [-0.3, -0.25) is 5.43 Å². The first-order chi connectivity index (χ1) is 13.2. The molecule has 0 spiro atoms. The highest BCUT2D eigenvalue weighted by atomic mass is 32.2. The molecule has 0 saturated carbocycles. The summed E-state index contributed by atoms with van der Waals surface area (Å²) in [6.45, 7) is 4.56. The van der Waals surface area contributed by atoms with E-state index in [9.17, 15) is 0 Å². The zero-order valence-corrected chi connectivity index (χ0v) is 15.9. The quantitative estimate of drug-likeness (QED) is 0.729. The van der Waals surface area contributed by atoms with Crippen LogP contribution in [0.3, 0.4) is 0 Å². The maximum atomic E-state index is 5.54. The zero-order chi connectivity index (χ0) is 18.4. The Morgan fingerprint density at radius 3 is 2.70 bits per heavy atom. The molecule has 2 aliphatic heterocycles. The van der Waals surface area contributed by atoms with E-state index in [0.717, 1.165) is 27.8 Å². The van der Waals surface area contributed by atoms with Gasteiger partial charge in [-0.15, -0.1) is 0 Å². The smallest absolute Gasteiger partial charge is 0.231 e. The Balaban J connectivity index is 1.45. The number of thioether (sulfide) groups is 1. The van der Waals surface area contributed by atoms with Crippen molar-refractivity contribution in [1.82, 2.24) is 9.99 Å². The Bertz CT molecular complexity index is 1040. The molecule has 6 heteroatoms. The van der Waals surface area contributed by atoms with E-state index in [4.69, 9.17) is 9.47 Å². The van der Waals surface area contributed by atoms with Crippen molar-refractivity contribution in [2.75, 3.05) is 6.79 Å². The summed E-state index contributed by atoms with van der Waals surface area (Å²) in [6, 6.07) is 18.6. The predicted molar refractivity (Wildman–Crippen MR) is 108 cm³/mol. The number of hydrazone groups is 1. The molecule has 5 nitrogen and oxygen atoms in total. The number of hydrogen-bond donors (Lipinski definition) is 1. The average Bonchev–Trinajstić information content (AvgIpc) is 3.41. The molecule has 2 aliphatic rings. The van der Waals surface area contributed by atoms with Crippen molar-refractivity contribution in [3.8, 4) is 17.2 Å². The van der Waals surface area contributed by atoms with Crippen LogP contribution >= 0.6 is 11.8 Å². The van der Waals surface area contributed by atoms with Gasteiger partial charge in [-0.25, -0.2) is 0 Å².